The second kappa shape index (κ2) is 7.29. The number of nitrogens with zero attached hydrogens (tertiary/aromatic N) is 1. The molecule has 1 aliphatic heterocycles. The minimum absolute atomic E-state index is 0.397. The van der Waals surface area contributed by atoms with Gasteiger partial charge in [-0.05, 0) is 43.4 Å². The van der Waals surface area contributed by atoms with E-state index in [-0.39, 0.29) is 0 Å². The van der Waals surface area contributed by atoms with Gasteiger partial charge in [0.2, 0.25) is 0 Å². The summed E-state index contributed by atoms with van der Waals surface area (Å²) in [5.74, 6) is 1.39. The van der Waals surface area contributed by atoms with Gasteiger partial charge in [0.1, 0.15) is 17.6 Å². The summed E-state index contributed by atoms with van der Waals surface area (Å²) in [6.45, 7) is 2.98. The molecule has 0 aliphatic carbocycles. The van der Waals surface area contributed by atoms with Crippen molar-refractivity contribution in [2.24, 2.45) is 0 Å². The van der Waals surface area contributed by atoms with Crippen molar-refractivity contribution in [2.75, 3.05) is 26.1 Å². The van der Waals surface area contributed by atoms with Crippen molar-refractivity contribution in [3.05, 3.63) is 53.1 Å². The third-order valence-corrected chi connectivity index (χ3v) is 4.74. The van der Waals surface area contributed by atoms with E-state index < -0.39 is 6.10 Å². The Hall–Kier alpha value is -2.31. The molecule has 0 unspecified atom stereocenters. The Kier molecular flexibility index (Phi) is 5.11. The van der Waals surface area contributed by atoms with Gasteiger partial charge in [-0.25, -0.2) is 0 Å². The second-order valence-electron chi connectivity index (χ2n) is 6.05. The van der Waals surface area contributed by atoms with Crippen LogP contribution in [0.25, 0.3) is 0 Å². The van der Waals surface area contributed by atoms with E-state index in [4.69, 9.17) is 21.7 Å². The van der Waals surface area contributed by atoms with E-state index in [1.807, 2.05) is 48.2 Å². The molecule has 2 aromatic carbocycles. The summed E-state index contributed by atoms with van der Waals surface area (Å²) < 4.78 is 10.9. The number of hydrogen-bond acceptors (Lipinski definition) is 4. The van der Waals surface area contributed by atoms with Gasteiger partial charge in [-0.3, -0.25) is 0 Å². The molecule has 0 fully saturated rings. The van der Waals surface area contributed by atoms with Crippen LogP contribution >= 0.6 is 12.2 Å². The molecule has 132 valence electrons. The molecule has 0 aromatic heterocycles. The largest absolute Gasteiger partial charge is 0.496 e. The highest BCUT2D eigenvalue weighted by Crippen LogP contribution is 2.39. The molecule has 1 atom stereocenters. The number of anilines is 1. The number of β-amino-alcohol motifs (C(OH)–C–C–N with tert-alkyl or cyclic N) is 1. The van der Waals surface area contributed by atoms with Crippen LogP contribution in [0.1, 0.15) is 22.8 Å². The first-order valence-corrected chi connectivity index (χ1v) is 8.48. The number of thiocarbonyl (C=S) groups is 1. The van der Waals surface area contributed by atoms with Gasteiger partial charge in [0.05, 0.1) is 20.8 Å². The molecule has 25 heavy (non-hydrogen) atoms. The molecule has 1 heterocycles. The SMILES string of the molecule is COc1ccc(OC)c2c1CN(C(=S)Nc1ccc(C)cc1)C[C@@H]2O. The van der Waals surface area contributed by atoms with Gasteiger partial charge >= 0.3 is 0 Å². The number of nitrogens with one attached hydrogen (secondary N) is 1. The fourth-order valence-corrected chi connectivity index (χ4v) is 3.33. The maximum Gasteiger partial charge on any atom is 0.173 e. The van der Waals surface area contributed by atoms with Gasteiger partial charge in [0, 0.05) is 23.4 Å². The van der Waals surface area contributed by atoms with E-state index in [1.54, 1.807) is 14.2 Å². The smallest absolute Gasteiger partial charge is 0.173 e. The molecule has 3 rings (SSSR count). The normalized spacial score (nSPS) is 16.2. The topological polar surface area (TPSA) is 54.0 Å². The van der Waals surface area contributed by atoms with Crippen LogP contribution in [-0.4, -0.2) is 35.9 Å². The van der Waals surface area contributed by atoms with Crippen LogP contribution in [0.2, 0.25) is 0 Å². The molecular formula is C19H22N2O3S. The number of benzene rings is 2. The molecule has 1 aliphatic rings. The highest BCUT2D eigenvalue weighted by molar-refractivity contribution is 7.80. The zero-order valence-corrected chi connectivity index (χ0v) is 15.4. The minimum atomic E-state index is -0.702. The highest BCUT2D eigenvalue weighted by Gasteiger charge is 2.30. The number of methoxy groups -OCH3 is 2. The lowest BCUT2D eigenvalue weighted by molar-refractivity contribution is 0.123. The van der Waals surface area contributed by atoms with Crippen LogP contribution < -0.4 is 14.8 Å². The van der Waals surface area contributed by atoms with E-state index in [2.05, 4.69) is 5.32 Å². The van der Waals surface area contributed by atoms with E-state index in [0.29, 0.717) is 24.0 Å². The van der Waals surface area contributed by atoms with Crippen molar-refractivity contribution >= 4 is 23.0 Å². The van der Waals surface area contributed by atoms with Gasteiger partial charge in [0.25, 0.3) is 0 Å². The first-order valence-electron chi connectivity index (χ1n) is 8.08. The van der Waals surface area contributed by atoms with E-state index in [1.165, 1.54) is 5.56 Å². The van der Waals surface area contributed by atoms with Crippen LogP contribution in [0, 0.1) is 6.92 Å². The highest BCUT2D eigenvalue weighted by atomic mass is 32.1. The molecule has 0 spiro atoms. The first-order chi connectivity index (χ1) is 12.0. The molecule has 0 bridgehead atoms. The van der Waals surface area contributed by atoms with E-state index in [9.17, 15) is 5.11 Å². The molecular weight excluding hydrogens is 336 g/mol. The molecule has 0 saturated heterocycles. The molecule has 2 N–H and O–H groups in total. The first kappa shape index (κ1) is 17.5. The van der Waals surface area contributed by atoms with Crippen molar-refractivity contribution in [1.29, 1.82) is 0 Å². The second-order valence-corrected chi connectivity index (χ2v) is 6.44. The zero-order chi connectivity index (χ0) is 18.0. The monoisotopic (exact) mass is 358 g/mol. The van der Waals surface area contributed by atoms with Gasteiger partial charge in [-0.1, -0.05) is 17.7 Å². The third-order valence-electron chi connectivity index (χ3n) is 4.38. The molecule has 0 radical (unpaired) electrons. The van der Waals surface area contributed by atoms with Crippen molar-refractivity contribution in [2.45, 2.75) is 19.6 Å². The fourth-order valence-electron chi connectivity index (χ4n) is 3.07. The fraction of sp³-hybridized carbons (Fsp3) is 0.316. The van der Waals surface area contributed by atoms with Crippen LogP contribution in [0.4, 0.5) is 5.69 Å². The standard InChI is InChI=1S/C19H22N2O3S/c1-12-4-6-13(7-5-12)20-19(25)21-10-14-16(23-2)8-9-17(24-3)18(14)15(22)11-21/h4-9,15,22H,10-11H2,1-3H3,(H,20,25)/t15-/m0/s1. The van der Waals surface area contributed by atoms with Gasteiger partial charge in [-0.15, -0.1) is 0 Å². The summed E-state index contributed by atoms with van der Waals surface area (Å²) in [7, 11) is 3.22. The maximum absolute atomic E-state index is 10.7. The van der Waals surface area contributed by atoms with Gasteiger partial charge < -0.3 is 24.8 Å². The predicted octanol–water partition coefficient (Wildman–Crippen LogP) is 3.26. The molecule has 5 nitrogen and oxygen atoms in total. The summed E-state index contributed by atoms with van der Waals surface area (Å²) in [6, 6.07) is 11.7. The van der Waals surface area contributed by atoms with E-state index >= 15 is 0 Å². The van der Waals surface area contributed by atoms with Gasteiger partial charge in [0.15, 0.2) is 5.11 Å². The van der Waals surface area contributed by atoms with Crippen LogP contribution in [0.3, 0.4) is 0 Å². The van der Waals surface area contributed by atoms with Crippen molar-refractivity contribution in [1.82, 2.24) is 4.90 Å². The van der Waals surface area contributed by atoms with Crippen molar-refractivity contribution < 1.29 is 14.6 Å². The molecule has 6 heteroatoms. The number of aliphatic hydroxyl groups is 1. The number of aryl methyl sites for hydroxylation is 1. The summed E-state index contributed by atoms with van der Waals surface area (Å²) >= 11 is 5.54. The summed E-state index contributed by atoms with van der Waals surface area (Å²) in [5.41, 5.74) is 3.79. The number of rotatable bonds is 3. The minimum Gasteiger partial charge on any atom is -0.496 e. The van der Waals surface area contributed by atoms with Crippen LogP contribution in [-0.2, 0) is 6.54 Å². The quantitative estimate of drug-likeness (QED) is 0.822. The van der Waals surface area contributed by atoms with Crippen molar-refractivity contribution in [3.8, 4) is 11.5 Å². The number of aliphatic hydroxyl groups excluding tert-OH is 1. The summed E-state index contributed by atoms with van der Waals surface area (Å²) in [5, 5.41) is 14.4. The average Bonchev–Trinajstić information content (AvgIpc) is 2.62. The zero-order valence-electron chi connectivity index (χ0n) is 14.6. The average molecular weight is 358 g/mol. The summed E-state index contributed by atoms with van der Waals surface area (Å²) in [6.07, 6.45) is -0.702. The third kappa shape index (κ3) is 3.55. The van der Waals surface area contributed by atoms with E-state index in [0.717, 1.165) is 22.6 Å². The Labute approximate surface area is 153 Å². The number of fused-ring (bicyclic) bond motifs is 1. The Bertz CT molecular complexity index is 777. The maximum atomic E-state index is 10.7. The predicted molar refractivity (Wildman–Crippen MR) is 102 cm³/mol. The number of hydrogen-bond donors (Lipinski definition) is 2. The lowest BCUT2D eigenvalue weighted by Gasteiger charge is -2.35. The lowest BCUT2D eigenvalue weighted by Crippen LogP contribution is -2.41. The summed E-state index contributed by atoms with van der Waals surface area (Å²) in [4.78, 5) is 1.93. The Morgan fingerprint density at radius 3 is 2.40 bits per heavy atom. The van der Waals surface area contributed by atoms with Gasteiger partial charge in [-0.2, -0.15) is 0 Å². The molecule has 2 aromatic rings. The lowest BCUT2D eigenvalue weighted by atomic mass is 9.95. The Morgan fingerprint density at radius 1 is 1.12 bits per heavy atom. The Balaban J connectivity index is 1.85. The molecule has 0 saturated carbocycles. The molecule has 0 amide bonds. The van der Waals surface area contributed by atoms with Crippen LogP contribution in [0.15, 0.2) is 36.4 Å². The van der Waals surface area contributed by atoms with Crippen molar-refractivity contribution in [3.63, 3.8) is 0 Å². The Morgan fingerprint density at radius 2 is 1.76 bits per heavy atom. The van der Waals surface area contributed by atoms with Crippen LogP contribution in [0.5, 0.6) is 11.5 Å². The number of ether oxygens (including phenoxy) is 2.